The van der Waals surface area contributed by atoms with E-state index in [1.165, 1.54) is 13.0 Å². The van der Waals surface area contributed by atoms with Crippen LogP contribution in [0.15, 0.2) is 78.9 Å². The number of hydrogen-bond donors (Lipinski definition) is 0. The van der Waals surface area contributed by atoms with E-state index >= 15 is 0 Å². The van der Waals surface area contributed by atoms with Crippen LogP contribution in [0.4, 0.5) is 0 Å². The molecule has 4 heteroatoms. The second kappa shape index (κ2) is 8.44. The molecule has 0 bridgehead atoms. The number of ketones is 2. The lowest BCUT2D eigenvalue weighted by atomic mass is 9.97. The maximum Gasteiger partial charge on any atom is 0.339 e. The van der Waals surface area contributed by atoms with Crippen LogP contribution in [-0.2, 0) is 4.74 Å². The number of ether oxygens (including phenoxy) is 1. The van der Waals surface area contributed by atoms with Crippen molar-refractivity contribution >= 4 is 17.5 Å². The summed E-state index contributed by atoms with van der Waals surface area (Å²) in [5.74, 6) is -1.27. The maximum atomic E-state index is 12.8. The molecule has 1 atom stereocenters. The van der Waals surface area contributed by atoms with Crippen molar-refractivity contribution in [1.29, 1.82) is 0 Å². The molecule has 0 heterocycles. The predicted octanol–water partition coefficient (Wildman–Crippen LogP) is 4.65. The zero-order valence-corrected chi connectivity index (χ0v) is 15.7. The standard InChI is InChI=1S/C24H20O4/c1-16-12-14-19(15-13-16)23(26)20-10-6-7-11-21(20)24(27)28-17(2)22(25)18-8-4-3-5-9-18/h3-15,17H,1-2H3. The Labute approximate surface area is 163 Å². The highest BCUT2D eigenvalue weighted by molar-refractivity contribution is 6.14. The van der Waals surface area contributed by atoms with Gasteiger partial charge in [-0.1, -0.05) is 78.4 Å². The van der Waals surface area contributed by atoms with Gasteiger partial charge in [0.25, 0.3) is 0 Å². The molecule has 0 spiro atoms. The summed E-state index contributed by atoms with van der Waals surface area (Å²) in [4.78, 5) is 38.0. The van der Waals surface area contributed by atoms with Gasteiger partial charge in [-0.15, -0.1) is 0 Å². The summed E-state index contributed by atoms with van der Waals surface area (Å²) in [7, 11) is 0. The maximum absolute atomic E-state index is 12.8. The summed E-state index contributed by atoms with van der Waals surface area (Å²) >= 11 is 0. The Morgan fingerprint density at radius 2 is 1.29 bits per heavy atom. The average molecular weight is 372 g/mol. The largest absolute Gasteiger partial charge is 0.451 e. The van der Waals surface area contributed by atoms with Crippen molar-refractivity contribution < 1.29 is 19.1 Å². The van der Waals surface area contributed by atoms with Gasteiger partial charge in [-0.25, -0.2) is 4.79 Å². The molecule has 1 unspecified atom stereocenters. The van der Waals surface area contributed by atoms with E-state index in [0.717, 1.165) is 5.56 Å². The van der Waals surface area contributed by atoms with Gasteiger partial charge in [-0.05, 0) is 19.9 Å². The number of rotatable bonds is 6. The monoisotopic (exact) mass is 372 g/mol. The molecule has 28 heavy (non-hydrogen) atoms. The molecule has 4 nitrogen and oxygen atoms in total. The van der Waals surface area contributed by atoms with E-state index in [9.17, 15) is 14.4 Å². The molecular formula is C24H20O4. The van der Waals surface area contributed by atoms with Gasteiger partial charge in [0.1, 0.15) is 0 Å². The van der Waals surface area contributed by atoms with Gasteiger partial charge in [0.2, 0.25) is 5.78 Å². The third kappa shape index (κ3) is 4.23. The molecule has 0 aliphatic heterocycles. The summed E-state index contributed by atoms with van der Waals surface area (Å²) in [6.07, 6.45) is -0.961. The number of esters is 1. The van der Waals surface area contributed by atoms with Crippen LogP contribution in [0.5, 0.6) is 0 Å². The number of hydrogen-bond acceptors (Lipinski definition) is 4. The third-order valence-corrected chi connectivity index (χ3v) is 4.42. The Balaban J connectivity index is 1.82. The number of Topliss-reactive ketones (excluding diaryl/α,β-unsaturated/α-hetero) is 1. The van der Waals surface area contributed by atoms with Crippen LogP contribution >= 0.6 is 0 Å². The molecule has 0 saturated heterocycles. The second-order valence-corrected chi connectivity index (χ2v) is 6.52. The summed E-state index contributed by atoms with van der Waals surface area (Å²) in [6, 6.07) is 22.2. The average Bonchev–Trinajstić information content (AvgIpc) is 2.73. The van der Waals surface area contributed by atoms with Gasteiger partial charge < -0.3 is 4.74 Å². The fourth-order valence-corrected chi connectivity index (χ4v) is 2.83. The lowest BCUT2D eigenvalue weighted by Gasteiger charge is -2.14. The molecule has 0 amide bonds. The highest BCUT2D eigenvalue weighted by Gasteiger charge is 2.24. The molecule has 3 aromatic carbocycles. The van der Waals surface area contributed by atoms with E-state index in [2.05, 4.69) is 0 Å². The van der Waals surface area contributed by atoms with Crippen LogP contribution in [0.3, 0.4) is 0 Å². The summed E-state index contributed by atoms with van der Waals surface area (Å²) < 4.78 is 5.36. The molecule has 0 N–H and O–H groups in total. The van der Waals surface area contributed by atoms with Gasteiger partial charge in [-0.2, -0.15) is 0 Å². The smallest absolute Gasteiger partial charge is 0.339 e. The van der Waals surface area contributed by atoms with Crippen LogP contribution in [-0.4, -0.2) is 23.6 Å². The summed E-state index contributed by atoms with van der Waals surface area (Å²) in [5.41, 5.74) is 2.38. The zero-order chi connectivity index (χ0) is 20.1. The number of carbonyl (C=O) groups is 3. The Kier molecular flexibility index (Phi) is 5.80. The van der Waals surface area contributed by atoms with E-state index in [1.807, 2.05) is 19.1 Å². The summed E-state index contributed by atoms with van der Waals surface area (Å²) in [5, 5.41) is 0. The lowest BCUT2D eigenvalue weighted by molar-refractivity contribution is 0.0317. The molecule has 3 aromatic rings. The van der Waals surface area contributed by atoms with Crippen LogP contribution in [0.1, 0.15) is 49.1 Å². The minimum Gasteiger partial charge on any atom is -0.451 e. The number of aryl methyl sites for hydroxylation is 1. The van der Waals surface area contributed by atoms with Crippen molar-refractivity contribution in [1.82, 2.24) is 0 Å². The minimum absolute atomic E-state index is 0.140. The van der Waals surface area contributed by atoms with Crippen molar-refractivity contribution in [2.24, 2.45) is 0 Å². The first-order chi connectivity index (χ1) is 13.5. The first kappa shape index (κ1) is 19.2. The molecule has 0 saturated carbocycles. The number of carbonyl (C=O) groups excluding carboxylic acids is 3. The minimum atomic E-state index is -0.961. The first-order valence-electron chi connectivity index (χ1n) is 8.98. The van der Waals surface area contributed by atoms with Crippen LogP contribution in [0, 0.1) is 6.92 Å². The Hall–Kier alpha value is -3.53. The molecular weight excluding hydrogens is 352 g/mol. The Bertz CT molecular complexity index is 1000. The molecule has 0 aliphatic carbocycles. The van der Waals surface area contributed by atoms with Crippen molar-refractivity contribution in [3.8, 4) is 0 Å². The van der Waals surface area contributed by atoms with E-state index in [0.29, 0.717) is 11.1 Å². The summed E-state index contributed by atoms with van der Waals surface area (Å²) in [6.45, 7) is 3.46. The molecule has 0 aromatic heterocycles. The van der Waals surface area contributed by atoms with Gasteiger partial charge in [0, 0.05) is 16.7 Å². The zero-order valence-electron chi connectivity index (χ0n) is 15.7. The fraction of sp³-hybridized carbons (Fsp3) is 0.125. The van der Waals surface area contributed by atoms with Crippen molar-refractivity contribution in [3.05, 3.63) is 107 Å². The molecule has 140 valence electrons. The highest BCUT2D eigenvalue weighted by Crippen LogP contribution is 2.18. The van der Waals surface area contributed by atoms with Crippen molar-refractivity contribution in [2.45, 2.75) is 20.0 Å². The van der Waals surface area contributed by atoms with E-state index in [-0.39, 0.29) is 22.7 Å². The van der Waals surface area contributed by atoms with Crippen LogP contribution in [0.2, 0.25) is 0 Å². The molecule has 0 aliphatic rings. The van der Waals surface area contributed by atoms with Crippen LogP contribution in [0.25, 0.3) is 0 Å². The van der Waals surface area contributed by atoms with Crippen molar-refractivity contribution in [3.63, 3.8) is 0 Å². The van der Waals surface area contributed by atoms with Gasteiger partial charge in [0.15, 0.2) is 11.9 Å². The topological polar surface area (TPSA) is 60.4 Å². The predicted molar refractivity (Wildman–Crippen MR) is 107 cm³/mol. The molecule has 3 rings (SSSR count). The van der Waals surface area contributed by atoms with Crippen LogP contribution < -0.4 is 0 Å². The Morgan fingerprint density at radius 3 is 1.93 bits per heavy atom. The highest BCUT2D eigenvalue weighted by atomic mass is 16.5. The SMILES string of the molecule is Cc1ccc(C(=O)c2ccccc2C(=O)OC(C)C(=O)c2ccccc2)cc1. The first-order valence-corrected chi connectivity index (χ1v) is 8.98. The van der Waals surface area contributed by atoms with E-state index in [4.69, 9.17) is 4.74 Å². The van der Waals surface area contributed by atoms with E-state index < -0.39 is 12.1 Å². The van der Waals surface area contributed by atoms with Gasteiger partial charge >= 0.3 is 5.97 Å². The normalized spacial score (nSPS) is 11.5. The number of benzene rings is 3. The molecule has 0 radical (unpaired) electrons. The van der Waals surface area contributed by atoms with Gasteiger partial charge in [0.05, 0.1) is 5.56 Å². The van der Waals surface area contributed by atoms with Gasteiger partial charge in [-0.3, -0.25) is 9.59 Å². The second-order valence-electron chi connectivity index (χ2n) is 6.52. The Morgan fingerprint density at radius 1 is 0.714 bits per heavy atom. The lowest BCUT2D eigenvalue weighted by Crippen LogP contribution is -2.25. The van der Waals surface area contributed by atoms with Crippen molar-refractivity contribution in [2.75, 3.05) is 0 Å². The van der Waals surface area contributed by atoms with E-state index in [1.54, 1.807) is 60.7 Å². The fourth-order valence-electron chi connectivity index (χ4n) is 2.83. The quantitative estimate of drug-likeness (QED) is 0.467. The third-order valence-electron chi connectivity index (χ3n) is 4.42. The molecule has 0 fully saturated rings.